The number of rotatable bonds is 5. The lowest BCUT2D eigenvalue weighted by Crippen LogP contribution is -1.97. The van der Waals surface area contributed by atoms with Crippen molar-refractivity contribution in [2.45, 2.75) is 51.3 Å². The van der Waals surface area contributed by atoms with Gasteiger partial charge in [0.1, 0.15) is 0 Å². The van der Waals surface area contributed by atoms with Gasteiger partial charge < -0.3 is 4.52 Å². The van der Waals surface area contributed by atoms with E-state index in [2.05, 4.69) is 24.0 Å². The molecule has 1 atom stereocenters. The average molecular weight is 217 g/mol. The van der Waals surface area contributed by atoms with Gasteiger partial charge in [0.2, 0.25) is 5.89 Å². The second-order valence-electron chi connectivity index (χ2n) is 3.38. The van der Waals surface area contributed by atoms with E-state index < -0.39 is 0 Å². The van der Waals surface area contributed by atoms with Crippen LogP contribution in [0, 0.1) is 0 Å². The van der Waals surface area contributed by atoms with Gasteiger partial charge in [0, 0.05) is 5.92 Å². The molecule has 3 nitrogen and oxygen atoms in total. The Morgan fingerprint density at radius 1 is 1.21 bits per heavy atom. The molecule has 0 saturated carbocycles. The molecular formula is C10H17ClN2O. The highest BCUT2D eigenvalue weighted by Crippen LogP contribution is 2.25. The van der Waals surface area contributed by atoms with Crippen LogP contribution >= 0.6 is 11.6 Å². The van der Waals surface area contributed by atoms with Crippen molar-refractivity contribution in [3.63, 3.8) is 0 Å². The first-order chi connectivity index (χ1) is 6.72. The molecule has 0 radical (unpaired) electrons. The van der Waals surface area contributed by atoms with Crippen LogP contribution in [0.25, 0.3) is 0 Å². The summed E-state index contributed by atoms with van der Waals surface area (Å²) in [5.41, 5.74) is 0. The summed E-state index contributed by atoms with van der Waals surface area (Å²) in [5.74, 6) is 1.72. The molecule has 0 bridgehead atoms. The number of aromatic nitrogens is 2. The van der Waals surface area contributed by atoms with Crippen LogP contribution in [-0.4, -0.2) is 10.1 Å². The number of hydrogen-bond acceptors (Lipinski definition) is 3. The standard InChI is InChI=1S/C10H17ClN2O/c1-4-7(5-2)10-12-9(13-14-10)8(11)6-3/h7-8H,4-6H2,1-3H3. The first-order valence-electron chi connectivity index (χ1n) is 5.20. The Kier molecular flexibility index (Phi) is 4.39. The van der Waals surface area contributed by atoms with E-state index in [1.54, 1.807) is 0 Å². The van der Waals surface area contributed by atoms with Crippen LogP contribution in [0.3, 0.4) is 0 Å². The molecule has 1 aromatic rings. The smallest absolute Gasteiger partial charge is 0.229 e. The van der Waals surface area contributed by atoms with E-state index in [1.807, 2.05) is 6.92 Å². The van der Waals surface area contributed by atoms with Gasteiger partial charge >= 0.3 is 0 Å². The monoisotopic (exact) mass is 216 g/mol. The molecule has 0 N–H and O–H groups in total. The lowest BCUT2D eigenvalue weighted by molar-refractivity contribution is 0.342. The molecule has 1 heterocycles. The summed E-state index contributed by atoms with van der Waals surface area (Å²) < 4.78 is 5.19. The number of nitrogens with zero attached hydrogens (tertiary/aromatic N) is 2. The number of halogens is 1. The van der Waals surface area contributed by atoms with Crippen LogP contribution in [0.2, 0.25) is 0 Å². The molecule has 0 aliphatic carbocycles. The molecule has 0 aromatic carbocycles. The van der Waals surface area contributed by atoms with Gasteiger partial charge in [-0.3, -0.25) is 0 Å². The number of alkyl halides is 1. The van der Waals surface area contributed by atoms with Gasteiger partial charge in [-0.2, -0.15) is 4.98 Å². The fourth-order valence-electron chi connectivity index (χ4n) is 1.36. The van der Waals surface area contributed by atoms with E-state index in [-0.39, 0.29) is 5.38 Å². The minimum Gasteiger partial charge on any atom is -0.339 e. The predicted molar refractivity (Wildman–Crippen MR) is 56.5 cm³/mol. The summed E-state index contributed by atoms with van der Waals surface area (Å²) in [7, 11) is 0. The van der Waals surface area contributed by atoms with Gasteiger partial charge in [-0.25, -0.2) is 0 Å². The molecule has 1 aromatic heterocycles. The van der Waals surface area contributed by atoms with Crippen LogP contribution in [0.4, 0.5) is 0 Å². The van der Waals surface area contributed by atoms with Crippen LogP contribution < -0.4 is 0 Å². The van der Waals surface area contributed by atoms with E-state index >= 15 is 0 Å². The third-order valence-corrected chi connectivity index (χ3v) is 2.93. The third-order valence-electron chi connectivity index (χ3n) is 2.43. The first-order valence-corrected chi connectivity index (χ1v) is 5.64. The van der Waals surface area contributed by atoms with Crippen LogP contribution in [0.5, 0.6) is 0 Å². The van der Waals surface area contributed by atoms with Gasteiger partial charge in [0.25, 0.3) is 0 Å². The summed E-state index contributed by atoms with van der Waals surface area (Å²) >= 11 is 6.01. The summed E-state index contributed by atoms with van der Waals surface area (Å²) in [4.78, 5) is 4.31. The van der Waals surface area contributed by atoms with Crippen molar-refractivity contribution >= 4 is 11.6 Å². The second kappa shape index (κ2) is 5.35. The van der Waals surface area contributed by atoms with Crippen LogP contribution in [0.15, 0.2) is 4.52 Å². The van der Waals surface area contributed by atoms with E-state index in [1.165, 1.54) is 0 Å². The second-order valence-corrected chi connectivity index (χ2v) is 3.91. The Bertz CT molecular complexity index is 271. The molecular weight excluding hydrogens is 200 g/mol. The van der Waals surface area contributed by atoms with Gasteiger partial charge in [0.05, 0.1) is 5.38 Å². The fraction of sp³-hybridized carbons (Fsp3) is 0.800. The maximum Gasteiger partial charge on any atom is 0.229 e. The maximum atomic E-state index is 6.01. The zero-order valence-corrected chi connectivity index (χ0v) is 9.71. The van der Waals surface area contributed by atoms with Crippen LogP contribution in [-0.2, 0) is 0 Å². The molecule has 14 heavy (non-hydrogen) atoms. The van der Waals surface area contributed by atoms with Gasteiger partial charge in [-0.15, -0.1) is 11.6 Å². The Labute approximate surface area is 89.8 Å². The Balaban J connectivity index is 2.76. The quantitative estimate of drug-likeness (QED) is 0.705. The lowest BCUT2D eigenvalue weighted by Gasteiger charge is -2.04. The topological polar surface area (TPSA) is 38.9 Å². The lowest BCUT2D eigenvalue weighted by atomic mass is 10.0. The van der Waals surface area contributed by atoms with Crippen molar-refractivity contribution in [2.24, 2.45) is 0 Å². The van der Waals surface area contributed by atoms with E-state index in [4.69, 9.17) is 16.1 Å². The van der Waals surface area contributed by atoms with Crippen molar-refractivity contribution in [3.05, 3.63) is 11.7 Å². The molecule has 0 aliphatic rings. The SMILES string of the molecule is CCC(Cl)c1noc(C(CC)CC)n1. The van der Waals surface area contributed by atoms with Crippen molar-refractivity contribution in [2.75, 3.05) is 0 Å². The molecule has 0 aliphatic heterocycles. The molecule has 1 unspecified atom stereocenters. The normalized spacial score (nSPS) is 13.5. The minimum absolute atomic E-state index is 0.123. The third kappa shape index (κ3) is 2.47. The minimum atomic E-state index is -0.123. The molecule has 80 valence electrons. The highest BCUT2D eigenvalue weighted by atomic mass is 35.5. The molecule has 0 saturated heterocycles. The highest BCUT2D eigenvalue weighted by Gasteiger charge is 2.18. The van der Waals surface area contributed by atoms with Crippen molar-refractivity contribution in [1.82, 2.24) is 10.1 Å². The van der Waals surface area contributed by atoms with Gasteiger partial charge in [-0.05, 0) is 19.3 Å². The van der Waals surface area contributed by atoms with Gasteiger partial charge in [-0.1, -0.05) is 25.9 Å². The maximum absolute atomic E-state index is 6.01. The first kappa shape index (κ1) is 11.5. The molecule has 4 heteroatoms. The average Bonchev–Trinajstić information content (AvgIpc) is 2.68. The zero-order valence-electron chi connectivity index (χ0n) is 8.96. The molecule has 0 fully saturated rings. The van der Waals surface area contributed by atoms with E-state index in [0.29, 0.717) is 11.7 Å². The summed E-state index contributed by atoms with van der Waals surface area (Å²) in [5, 5.41) is 3.76. The zero-order chi connectivity index (χ0) is 10.6. The van der Waals surface area contributed by atoms with Crippen molar-refractivity contribution in [3.8, 4) is 0 Å². The molecule has 1 rings (SSSR count). The molecule has 0 amide bonds. The van der Waals surface area contributed by atoms with Crippen molar-refractivity contribution in [1.29, 1.82) is 0 Å². The van der Waals surface area contributed by atoms with E-state index in [0.717, 1.165) is 25.2 Å². The van der Waals surface area contributed by atoms with Crippen molar-refractivity contribution < 1.29 is 4.52 Å². The highest BCUT2D eigenvalue weighted by molar-refractivity contribution is 6.20. The van der Waals surface area contributed by atoms with Crippen LogP contribution in [0.1, 0.15) is 63.0 Å². The Morgan fingerprint density at radius 3 is 2.36 bits per heavy atom. The Hall–Kier alpha value is -0.570. The van der Waals surface area contributed by atoms with E-state index in [9.17, 15) is 0 Å². The molecule has 0 spiro atoms. The largest absolute Gasteiger partial charge is 0.339 e. The Morgan fingerprint density at radius 2 is 1.86 bits per heavy atom. The predicted octanol–water partition coefficient (Wildman–Crippen LogP) is 3.66. The summed E-state index contributed by atoms with van der Waals surface area (Å²) in [6.45, 7) is 6.25. The summed E-state index contributed by atoms with van der Waals surface area (Å²) in [6.07, 6.45) is 2.87. The fourth-order valence-corrected chi connectivity index (χ4v) is 1.45. The number of hydrogen-bond donors (Lipinski definition) is 0. The van der Waals surface area contributed by atoms with Gasteiger partial charge in [0.15, 0.2) is 5.82 Å². The summed E-state index contributed by atoms with van der Waals surface area (Å²) in [6, 6.07) is 0.